The lowest BCUT2D eigenvalue weighted by atomic mass is 10.2. The Morgan fingerprint density at radius 1 is 1.60 bits per heavy atom. The first-order valence-electron chi connectivity index (χ1n) is 4.81. The number of amides is 1. The summed E-state index contributed by atoms with van der Waals surface area (Å²) in [6.45, 7) is 2.84. The van der Waals surface area contributed by atoms with Crippen LogP contribution >= 0.6 is 43.2 Å². The Labute approximate surface area is 111 Å². The van der Waals surface area contributed by atoms with Crippen LogP contribution in [0, 0.1) is 0 Å². The molecule has 0 saturated carbocycles. The van der Waals surface area contributed by atoms with Crippen molar-refractivity contribution < 1.29 is 4.79 Å². The molecule has 1 atom stereocenters. The Morgan fingerprint density at radius 2 is 2.33 bits per heavy atom. The highest BCUT2D eigenvalue weighted by Crippen LogP contribution is 2.21. The zero-order valence-corrected chi connectivity index (χ0v) is 12.4. The number of carbonyl (C=O) groups is 1. The molecule has 1 unspecified atom stereocenters. The Hall–Kier alpha value is 0.130. The average Bonchev–Trinajstić information content (AvgIpc) is 2.64. The van der Waals surface area contributed by atoms with Crippen LogP contribution in [0.1, 0.15) is 29.4 Å². The highest BCUT2D eigenvalue weighted by Gasteiger charge is 2.08. The molecule has 0 aromatic carbocycles. The molecule has 0 radical (unpaired) electrons. The van der Waals surface area contributed by atoms with Crippen LogP contribution in [0.5, 0.6) is 0 Å². The van der Waals surface area contributed by atoms with Gasteiger partial charge in [0.1, 0.15) is 0 Å². The molecule has 1 aromatic heterocycles. The second-order valence-corrected chi connectivity index (χ2v) is 6.91. The van der Waals surface area contributed by atoms with E-state index in [4.69, 9.17) is 0 Å². The minimum Gasteiger partial charge on any atom is -0.351 e. The summed E-state index contributed by atoms with van der Waals surface area (Å²) in [6.07, 6.45) is 2.05. The van der Waals surface area contributed by atoms with Gasteiger partial charge in [0.05, 0.1) is 8.66 Å². The number of carbonyl (C=O) groups excluding carboxylic acids is 1. The molecule has 1 rings (SSSR count). The first-order chi connectivity index (χ1) is 7.13. The molecule has 0 fully saturated rings. The number of halogens is 2. The molecule has 1 amide bonds. The van der Waals surface area contributed by atoms with Gasteiger partial charge in [0.15, 0.2) is 0 Å². The fraction of sp³-hybridized carbons (Fsp3) is 0.500. The zero-order chi connectivity index (χ0) is 11.3. The van der Waals surface area contributed by atoms with Crippen LogP contribution in [0.4, 0.5) is 0 Å². The van der Waals surface area contributed by atoms with Crippen LogP contribution in [0.2, 0.25) is 0 Å². The van der Waals surface area contributed by atoms with Gasteiger partial charge in [-0.25, -0.2) is 0 Å². The van der Waals surface area contributed by atoms with E-state index in [1.54, 1.807) is 0 Å². The Balaban J connectivity index is 2.31. The zero-order valence-electron chi connectivity index (χ0n) is 8.43. The third-order valence-corrected chi connectivity index (χ3v) is 4.71. The number of hydrogen-bond donors (Lipinski definition) is 1. The first kappa shape index (κ1) is 13.2. The molecule has 0 aliphatic carbocycles. The van der Waals surface area contributed by atoms with Gasteiger partial charge in [0.25, 0.3) is 5.91 Å². The molecular weight excluding hydrogens is 342 g/mol. The summed E-state index contributed by atoms with van der Waals surface area (Å²) in [5, 5.41) is 2.90. The Morgan fingerprint density at radius 3 is 2.87 bits per heavy atom. The number of thiophene rings is 1. The topological polar surface area (TPSA) is 29.1 Å². The molecule has 15 heavy (non-hydrogen) atoms. The van der Waals surface area contributed by atoms with Crippen molar-refractivity contribution in [2.75, 3.05) is 6.54 Å². The van der Waals surface area contributed by atoms with Crippen molar-refractivity contribution >= 4 is 49.1 Å². The maximum absolute atomic E-state index is 11.6. The normalized spacial score (nSPS) is 12.5. The molecule has 84 valence electrons. The highest BCUT2D eigenvalue weighted by molar-refractivity contribution is 9.11. The monoisotopic (exact) mass is 353 g/mol. The number of rotatable bonds is 5. The minimum absolute atomic E-state index is 0.0153. The maximum atomic E-state index is 11.6. The van der Waals surface area contributed by atoms with Crippen molar-refractivity contribution in [1.29, 1.82) is 0 Å². The highest BCUT2D eigenvalue weighted by atomic mass is 79.9. The van der Waals surface area contributed by atoms with Crippen LogP contribution in [0.15, 0.2) is 15.9 Å². The second-order valence-electron chi connectivity index (χ2n) is 3.15. The van der Waals surface area contributed by atoms with Crippen molar-refractivity contribution in [3.8, 4) is 0 Å². The molecule has 0 bridgehead atoms. The minimum atomic E-state index is 0.0153. The summed E-state index contributed by atoms with van der Waals surface area (Å²) < 4.78 is 0.986. The van der Waals surface area contributed by atoms with Crippen molar-refractivity contribution in [2.24, 2.45) is 0 Å². The number of alkyl halides is 1. The van der Waals surface area contributed by atoms with Gasteiger partial charge in [-0.3, -0.25) is 4.79 Å². The summed E-state index contributed by atoms with van der Waals surface area (Å²) in [5.74, 6) is 0.0153. The fourth-order valence-electron chi connectivity index (χ4n) is 1.07. The molecule has 0 spiro atoms. The van der Waals surface area contributed by atoms with Crippen molar-refractivity contribution in [3.63, 3.8) is 0 Å². The van der Waals surface area contributed by atoms with Gasteiger partial charge in [-0.1, -0.05) is 22.9 Å². The molecule has 1 heterocycles. The van der Waals surface area contributed by atoms with E-state index in [-0.39, 0.29) is 5.91 Å². The van der Waals surface area contributed by atoms with Crippen LogP contribution in [-0.4, -0.2) is 17.3 Å². The van der Waals surface area contributed by atoms with Crippen LogP contribution in [0.25, 0.3) is 0 Å². The van der Waals surface area contributed by atoms with Gasteiger partial charge in [-0.15, -0.1) is 11.3 Å². The van der Waals surface area contributed by atoms with Crippen molar-refractivity contribution in [2.45, 2.75) is 24.6 Å². The van der Waals surface area contributed by atoms with Gasteiger partial charge in [-0.2, -0.15) is 0 Å². The van der Waals surface area contributed by atoms with Crippen LogP contribution in [0.3, 0.4) is 0 Å². The third-order valence-electron chi connectivity index (χ3n) is 1.98. The van der Waals surface area contributed by atoms with Gasteiger partial charge in [0, 0.05) is 11.4 Å². The van der Waals surface area contributed by atoms with E-state index in [2.05, 4.69) is 44.1 Å². The predicted octanol–water partition coefficient (Wildman–Crippen LogP) is 3.80. The lowest BCUT2D eigenvalue weighted by Gasteiger charge is -2.07. The third kappa shape index (κ3) is 4.66. The fourth-order valence-corrected chi connectivity index (χ4v) is 2.60. The first-order valence-corrected chi connectivity index (χ1v) is 7.33. The van der Waals surface area contributed by atoms with Gasteiger partial charge < -0.3 is 5.32 Å². The van der Waals surface area contributed by atoms with Gasteiger partial charge >= 0.3 is 0 Å². The molecule has 1 N–H and O–H groups in total. The van der Waals surface area contributed by atoms with E-state index in [1.807, 2.05) is 12.1 Å². The Bertz CT molecular complexity index is 327. The molecule has 1 aromatic rings. The van der Waals surface area contributed by atoms with Gasteiger partial charge in [0.2, 0.25) is 0 Å². The van der Waals surface area contributed by atoms with Crippen molar-refractivity contribution in [1.82, 2.24) is 5.32 Å². The molecule has 0 saturated heterocycles. The number of nitrogens with one attached hydrogen (secondary N) is 1. The van der Waals surface area contributed by atoms with E-state index < -0.39 is 0 Å². The van der Waals surface area contributed by atoms with Crippen LogP contribution in [-0.2, 0) is 0 Å². The van der Waals surface area contributed by atoms with Crippen LogP contribution < -0.4 is 5.32 Å². The van der Waals surface area contributed by atoms with Crippen molar-refractivity contribution in [3.05, 3.63) is 20.8 Å². The predicted molar refractivity (Wildman–Crippen MR) is 72.0 cm³/mol. The van der Waals surface area contributed by atoms with E-state index in [0.29, 0.717) is 4.83 Å². The van der Waals surface area contributed by atoms with E-state index in [9.17, 15) is 4.79 Å². The summed E-state index contributed by atoms with van der Waals surface area (Å²) in [5.41, 5.74) is 0. The molecular formula is C10H13Br2NOS. The molecule has 0 aliphatic rings. The Kier molecular flexibility index (Phi) is 5.86. The smallest absolute Gasteiger partial charge is 0.261 e. The molecule has 0 aliphatic heterocycles. The average molecular weight is 355 g/mol. The summed E-state index contributed by atoms with van der Waals surface area (Å²) in [7, 11) is 0. The standard InChI is InChI=1S/C10H13Br2NOS/c1-2-7(11)5-6-13-10(14)8-3-4-9(12)15-8/h3-4,7H,2,5-6H2,1H3,(H,13,14). The maximum Gasteiger partial charge on any atom is 0.261 e. The summed E-state index contributed by atoms with van der Waals surface area (Å²) in [6, 6.07) is 3.72. The van der Waals surface area contributed by atoms with E-state index in [1.165, 1.54) is 11.3 Å². The lowest BCUT2D eigenvalue weighted by Crippen LogP contribution is -2.25. The molecule has 5 heteroatoms. The van der Waals surface area contributed by atoms with Gasteiger partial charge in [-0.05, 0) is 40.9 Å². The number of hydrogen-bond acceptors (Lipinski definition) is 2. The largest absolute Gasteiger partial charge is 0.351 e. The van der Waals surface area contributed by atoms with E-state index in [0.717, 1.165) is 28.0 Å². The molecule has 2 nitrogen and oxygen atoms in total. The summed E-state index contributed by atoms with van der Waals surface area (Å²) >= 11 is 8.32. The quantitative estimate of drug-likeness (QED) is 0.800. The van der Waals surface area contributed by atoms with E-state index >= 15 is 0 Å². The lowest BCUT2D eigenvalue weighted by molar-refractivity contribution is 0.0957. The SMILES string of the molecule is CCC(Br)CCNC(=O)c1ccc(Br)s1. The second kappa shape index (κ2) is 6.66. The summed E-state index contributed by atoms with van der Waals surface area (Å²) in [4.78, 5) is 12.8.